The highest BCUT2D eigenvalue weighted by Crippen LogP contribution is 2.11. The van der Waals surface area contributed by atoms with Gasteiger partial charge in [0.1, 0.15) is 11.5 Å². The predicted octanol–water partition coefficient (Wildman–Crippen LogP) is 3.16. The molecule has 0 spiro atoms. The Morgan fingerprint density at radius 2 is 1.80 bits per heavy atom. The maximum atomic E-state index is 13.6. The molecule has 0 aliphatic heterocycles. The van der Waals surface area contributed by atoms with E-state index in [4.69, 9.17) is 0 Å². The molecule has 0 aliphatic rings. The quantitative estimate of drug-likeness (QED) is 0.726. The first-order valence-corrected chi connectivity index (χ1v) is 7.84. The smallest absolute Gasteiger partial charge is 0.270 e. The molecular formula is C19H17FN4O. The van der Waals surface area contributed by atoms with E-state index in [9.17, 15) is 9.18 Å². The highest BCUT2D eigenvalue weighted by Gasteiger charge is 2.07. The maximum Gasteiger partial charge on any atom is 0.270 e. The topological polar surface area (TPSA) is 66.9 Å². The molecule has 2 aromatic heterocycles. The molecule has 1 aromatic carbocycles. The molecule has 2 N–H and O–H groups in total. The molecule has 0 bridgehead atoms. The molecule has 0 saturated heterocycles. The van der Waals surface area contributed by atoms with Crippen molar-refractivity contribution in [1.29, 1.82) is 0 Å². The van der Waals surface area contributed by atoms with Crippen LogP contribution in [0.2, 0.25) is 0 Å². The van der Waals surface area contributed by atoms with Crippen molar-refractivity contribution < 1.29 is 9.18 Å². The highest BCUT2D eigenvalue weighted by atomic mass is 19.1. The Bertz CT molecular complexity index is 838. The summed E-state index contributed by atoms with van der Waals surface area (Å²) < 4.78 is 13.6. The first-order valence-electron chi connectivity index (χ1n) is 7.84. The number of halogens is 1. The van der Waals surface area contributed by atoms with Crippen molar-refractivity contribution in [2.24, 2.45) is 0 Å². The van der Waals surface area contributed by atoms with Gasteiger partial charge in [-0.1, -0.05) is 24.3 Å². The summed E-state index contributed by atoms with van der Waals surface area (Å²) in [6, 6.07) is 15.5. The Labute approximate surface area is 145 Å². The van der Waals surface area contributed by atoms with E-state index >= 15 is 0 Å². The number of amides is 1. The van der Waals surface area contributed by atoms with E-state index in [0.29, 0.717) is 30.0 Å². The highest BCUT2D eigenvalue weighted by molar-refractivity contribution is 5.92. The lowest BCUT2D eigenvalue weighted by Gasteiger charge is -2.08. The number of hydrogen-bond acceptors (Lipinski definition) is 4. The number of aromatic nitrogens is 2. The van der Waals surface area contributed by atoms with Gasteiger partial charge in [-0.2, -0.15) is 0 Å². The molecule has 0 unspecified atom stereocenters. The van der Waals surface area contributed by atoms with Crippen LogP contribution in [-0.2, 0) is 13.1 Å². The van der Waals surface area contributed by atoms with Crippen LogP contribution < -0.4 is 10.6 Å². The molecule has 2 heterocycles. The van der Waals surface area contributed by atoms with E-state index in [0.717, 1.165) is 5.69 Å². The number of nitrogens with one attached hydrogen (secondary N) is 2. The van der Waals surface area contributed by atoms with Crippen LogP contribution >= 0.6 is 0 Å². The fraction of sp³-hybridized carbons (Fsp3) is 0.105. The minimum atomic E-state index is -0.272. The van der Waals surface area contributed by atoms with Crippen LogP contribution in [0.25, 0.3) is 0 Å². The van der Waals surface area contributed by atoms with Gasteiger partial charge in [-0.3, -0.25) is 9.78 Å². The van der Waals surface area contributed by atoms with Gasteiger partial charge < -0.3 is 10.6 Å². The number of hydrogen-bond donors (Lipinski definition) is 2. The fourth-order valence-electron chi connectivity index (χ4n) is 2.24. The lowest BCUT2D eigenvalue weighted by Crippen LogP contribution is -2.24. The second-order valence-corrected chi connectivity index (χ2v) is 5.38. The van der Waals surface area contributed by atoms with Crippen LogP contribution in [-0.4, -0.2) is 15.9 Å². The van der Waals surface area contributed by atoms with Crippen molar-refractivity contribution in [3.8, 4) is 0 Å². The third kappa shape index (κ3) is 4.60. The standard InChI is InChI=1S/C19H17FN4O/c20-17-7-2-1-5-14(17)11-22-16-8-9-18(23-12-16)19(25)24-13-15-6-3-4-10-21-15/h1-10,12,22H,11,13H2,(H,24,25). The van der Waals surface area contributed by atoms with Crippen LogP contribution in [0.15, 0.2) is 67.0 Å². The molecule has 5 nitrogen and oxygen atoms in total. The molecule has 3 rings (SSSR count). The Kier molecular flexibility index (Phi) is 5.31. The monoisotopic (exact) mass is 336 g/mol. The van der Waals surface area contributed by atoms with Crippen molar-refractivity contribution in [1.82, 2.24) is 15.3 Å². The number of rotatable bonds is 6. The number of nitrogens with zero attached hydrogens (tertiary/aromatic N) is 2. The summed E-state index contributed by atoms with van der Waals surface area (Å²) in [5.41, 5.74) is 2.37. The fourth-order valence-corrected chi connectivity index (χ4v) is 2.24. The second-order valence-electron chi connectivity index (χ2n) is 5.38. The average molecular weight is 336 g/mol. The number of pyridine rings is 2. The van der Waals surface area contributed by atoms with Crippen molar-refractivity contribution in [3.63, 3.8) is 0 Å². The normalized spacial score (nSPS) is 10.3. The van der Waals surface area contributed by atoms with Crippen LogP contribution in [0.4, 0.5) is 10.1 Å². The summed E-state index contributed by atoms with van der Waals surface area (Å²) in [6.07, 6.45) is 3.23. The molecule has 126 valence electrons. The van der Waals surface area contributed by atoms with Gasteiger partial charge in [0.05, 0.1) is 24.1 Å². The number of carbonyl (C=O) groups excluding carboxylic acids is 1. The van der Waals surface area contributed by atoms with E-state index in [1.807, 2.05) is 18.2 Å². The van der Waals surface area contributed by atoms with E-state index in [-0.39, 0.29) is 11.7 Å². The Hall–Kier alpha value is -3.28. The van der Waals surface area contributed by atoms with Crippen molar-refractivity contribution in [2.45, 2.75) is 13.1 Å². The van der Waals surface area contributed by atoms with E-state index in [1.165, 1.54) is 6.07 Å². The van der Waals surface area contributed by atoms with Crippen LogP contribution in [0.1, 0.15) is 21.7 Å². The van der Waals surface area contributed by atoms with Gasteiger partial charge in [0, 0.05) is 18.3 Å². The third-order valence-electron chi connectivity index (χ3n) is 3.59. The molecule has 0 atom stereocenters. The molecular weight excluding hydrogens is 319 g/mol. The van der Waals surface area contributed by atoms with Crippen LogP contribution in [0, 0.1) is 5.82 Å². The van der Waals surface area contributed by atoms with E-state index < -0.39 is 0 Å². The molecule has 25 heavy (non-hydrogen) atoms. The van der Waals surface area contributed by atoms with Gasteiger partial charge in [-0.25, -0.2) is 9.37 Å². The molecule has 0 radical (unpaired) electrons. The van der Waals surface area contributed by atoms with Gasteiger partial charge in [0.25, 0.3) is 5.91 Å². The molecule has 3 aromatic rings. The zero-order valence-corrected chi connectivity index (χ0v) is 13.4. The van der Waals surface area contributed by atoms with Gasteiger partial charge in [-0.05, 0) is 30.3 Å². The SMILES string of the molecule is O=C(NCc1ccccn1)c1ccc(NCc2ccccc2F)cn1. The van der Waals surface area contributed by atoms with Crippen LogP contribution in [0.5, 0.6) is 0 Å². The molecule has 0 fully saturated rings. The minimum Gasteiger partial charge on any atom is -0.380 e. The minimum absolute atomic E-state index is 0.256. The summed E-state index contributed by atoms with van der Waals surface area (Å²) >= 11 is 0. The zero-order chi connectivity index (χ0) is 17.5. The van der Waals surface area contributed by atoms with E-state index in [1.54, 1.807) is 42.7 Å². The first kappa shape index (κ1) is 16.6. The maximum absolute atomic E-state index is 13.6. The molecule has 0 aliphatic carbocycles. The average Bonchev–Trinajstić information content (AvgIpc) is 2.67. The van der Waals surface area contributed by atoms with Crippen molar-refractivity contribution in [2.75, 3.05) is 5.32 Å². The summed E-state index contributed by atoms with van der Waals surface area (Å²) in [4.78, 5) is 20.4. The summed E-state index contributed by atoms with van der Waals surface area (Å²) in [5.74, 6) is -0.528. The lowest BCUT2D eigenvalue weighted by molar-refractivity contribution is 0.0945. The number of benzene rings is 1. The van der Waals surface area contributed by atoms with E-state index in [2.05, 4.69) is 20.6 Å². The number of carbonyl (C=O) groups is 1. The Morgan fingerprint density at radius 1 is 0.960 bits per heavy atom. The summed E-state index contributed by atoms with van der Waals surface area (Å²) in [5, 5.41) is 5.85. The zero-order valence-electron chi connectivity index (χ0n) is 13.4. The number of anilines is 1. The first-order chi connectivity index (χ1) is 12.2. The van der Waals surface area contributed by atoms with Crippen molar-refractivity contribution in [3.05, 3.63) is 89.8 Å². The van der Waals surface area contributed by atoms with Gasteiger partial charge in [0.2, 0.25) is 0 Å². The third-order valence-corrected chi connectivity index (χ3v) is 3.59. The lowest BCUT2D eigenvalue weighted by atomic mass is 10.2. The largest absolute Gasteiger partial charge is 0.380 e. The predicted molar refractivity (Wildman–Crippen MR) is 93.4 cm³/mol. The van der Waals surface area contributed by atoms with Gasteiger partial charge in [-0.15, -0.1) is 0 Å². The van der Waals surface area contributed by atoms with Gasteiger partial charge in [0.15, 0.2) is 0 Å². The summed E-state index contributed by atoms with van der Waals surface area (Å²) in [7, 11) is 0. The molecule has 6 heteroatoms. The second kappa shape index (κ2) is 8.01. The van der Waals surface area contributed by atoms with Crippen molar-refractivity contribution >= 4 is 11.6 Å². The Balaban J connectivity index is 1.54. The molecule has 0 saturated carbocycles. The Morgan fingerprint density at radius 3 is 2.52 bits per heavy atom. The van der Waals surface area contributed by atoms with Crippen LogP contribution in [0.3, 0.4) is 0 Å². The van der Waals surface area contributed by atoms with Gasteiger partial charge >= 0.3 is 0 Å². The molecule has 1 amide bonds. The summed E-state index contributed by atoms with van der Waals surface area (Å²) in [6.45, 7) is 0.689.